The van der Waals surface area contributed by atoms with Crippen molar-refractivity contribution in [2.75, 3.05) is 6.26 Å². The van der Waals surface area contributed by atoms with Crippen LogP contribution in [0.4, 0.5) is 0 Å². The van der Waals surface area contributed by atoms with E-state index < -0.39 is 0 Å². The fourth-order valence-corrected chi connectivity index (χ4v) is 3.16. The van der Waals surface area contributed by atoms with Gasteiger partial charge in [0.2, 0.25) is 4.96 Å². The van der Waals surface area contributed by atoms with Crippen LogP contribution < -0.4 is 5.56 Å². The molecule has 0 N–H and O–H groups in total. The third kappa shape index (κ3) is 2.41. The van der Waals surface area contributed by atoms with Gasteiger partial charge in [0, 0.05) is 25.0 Å². The largest absolute Gasteiger partial charge is 0.351 e. The molecule has 20 heavy (non-hydrogen) atoms. The van der Waals surface area contributed by atoms with Gasteiger partial charge >= 0.3 is 0 Å². The van der Waals surface area contributed by atoms with Gasteiger partial charge < -0.3 is 4.57 Å². The average molecular weight is 304 g/mol. The van der Waals surface area contributed by atoms with Crippen molar-refractivity contribution in [2.24, 2.45) is 7.05 Å². The Morgan fingerprint density at radius 1 is 1.40 bits per heavy atom. The van der Waals surface area contributed by atoms with E-state index in [0.29, 0.717) is 10.7 Å². The quantitative estimate of drug-likeness (QED) is 0.697. The summed E-state index contributed by atoms with van der Waals surface area (Å²) in [5, 5.41) is 4.19. The van der Waals surface area contributed by atoms with Gasteiger partial charge in [0.15, 0.2) is 4.34 Å². The summed E-state index contributed by atoms with van der Waals surface area (Å²) < 4.78 is 4.18. The zero-order chi connectivity index (χ0) is 14.1. The Labute approximate surface area is 123 Å². The minimum Gasteiger partial charge on any atom is -0.351 e. The first kappa shape index (κ1) is 13.1. The van der Waals surface area contributed by atoms with Crippen LogP contribution in [0.2, 0.25) is 0 Å². The highest BCUT2D eigenvalue weighted by Crippen LogP contribution is 2.20. The van der Waals surface area contributed by atoms with Gasteiger partial charge in [-0.2, -0.15) is 4.52 Å². The Morgan fingerprint density at radius 3 is 2.95 bits per heavy atom. The first-order chi connectivity index (χ1) is 9.67. The molecule has 102 valence electrons. The molecule has 7 heteroatoms. The number of hydrogen-bond acceptors (Lipinski definition) is 5. The lowest BCUT2D eigenvalue weighted by molar-refractivity contribution is 0.856. The number of hydrogen-bond donors (Lipinski definition) is 0. The summed E-state index contributed by atoms with van der Waals surface area (Å²) in [5.41, 5.74) is 1.55. The molecule has 0 aliphatic heterocycles. The maximum Gasteiger partial charge on any atom is 0.275 e. The van der Waals surface area contributed by atoms with Crippen molar-refractivity contribution in [3.05, 3.63) is 46.1 Å². The summed E-state index contributed by atoms with van der Waals surface area (Å²) in [6.07, 6.45) is 7.68. The molecule has 0 fully saturated rings. The van der Waals surface area contributed by atoms with Gasteiger partial charge in [-0.1, -0.05) is 23.1 Å². The van der Waals surface area contributed by atoms with Crippen LogP contribution in [-0.4, -0.2) is 25.4 Å². The molecule has 0 bridgehead atoms. The van der Waals surface area contributed by atoms with Crippen molar-refractivity contribution >= 4 is 40.2 Å². The van der Waals surface area contributed by atoms with Gasteiger partial charge in [-0.3, -0.25) is 4.79 Å². The Balaban J connectivity index is 2.02. The summed E-state index contributed by atoms with van der Waals surface area (Å²) >= 11 is 2.93. The third-order valence-electron chi connectivity index (χ3n) is 2.83. The highest BCUT2D eigenvalue weighted by molar-refractivity contribution is 8.00. The first-order valence-corrected chi connectivity index (χ1v) is 7.96. The van der Waals surface area contributed by atoms with E-state index in [2.05, 4.69) is 10.1 Å². The van der Waals surface area contributed by atoms with Crippen molar-refractivity contribution in [2.45, 2.75) is 4.34 Å². The number of rotatable bonds is 3. The lowest BCUT2D eigenvalue weighted by Crippen LogP contribution is -2.14. The molecule has 0 amide bonds. The third-order valence-corrected chi connectivity index (χ3v) is 4.71. The summed E-state index contributed by atoms with van der Waals surface area (Å²) in [5.74, 6) is 0. The molecular weight excluding hydrogens is 292 g/mol. The molecule has 0 aromatic carbocycles. The van der Waals surface area contributed by atoms with Crippen molar-refractivity contribution in [3.63, 3.8) is 0 Å². The van der Waals surface area contributed by atoms with Crippen molar-refractivity contribution < 1.29 is 0 Å². The first-order valence-electron chi connectivity index (χ1n) is 5.92. The highest BCUT2D eigenvalue weighted by atomic mass is 32.2. The Morgan fingerprint density at radius 2 is 2.25 bits per heavy atom. The van der Waals surface area contributed by atoms with E-state index in [0.717, 1.165) is 10.0 Å². The average Bonchev–Trinajstić information content (AvgIpc) is 3.02. The van der Waals surface area contributed by atoms with E-state index in [9.17, 15) is 4.79 Å². The normalized spacial score (nSPS) is 11.7. The lowest BCUT2D eigenvalue weighted by Gasteiger charge is -1.96. The van der Waals surface area contributed by atoms with Gasteiger partial charge in [-0.05, 0) is 30.5 Å². The van der Waals surface area contributed by atoms with Gasteiger partial charge in [0.1, 0.15) is 0 Å². The second-order valence-corrected chi connectivity index (χ2v) is 6.17. The molecule has 0 radical (unpaired) electrons. The smallest absolute Gasteiger partial charge is 0.275 e. The molecule has 0 atom stereocenters. The van der Waals surface area contributed by atoms with Crippen LogP contribution in [0.15, 0.2) is 33.5 Å². The SMILES string of the molecule is CSc1nn2c(=O)cc(C=Cc3cccn3C)nc2s1. The molecular formula is C13H12N4OS2. The van der Waals surface area contributed by atoms with Gasteiger partial charge in [0.05, 0.1) is 5.69 Å². The van der Waals surface area contributed by atoms with Crippen molar-refractivity contribution in [1.29, 1.82) is 0 Å². The monoisotopic (exact) mass is 304 g/mol. The minimum atomic E-state index is -0.155. The van der Waals surface area contributed by atoms with Crippen molar-refractivity contribution in [3.8, 4) is 0 Å². The number of nitrogens with zero attached hydrogens (tertiary/aromatic N) is 4. The fraction of sp³-hybridized carbons (Fsp3) is 0.154. The fourth-order valence-electron chi connectivity index (χ4n) is 1.80. The van der Waals surface area contributed by atoms with E-state index in [1.54, 1.807) is 0 Å². The van der Waals surface area contributed by atoms with Crippen LogP contribution in [0, 0.1) is 0 Å². The van der Waals surface area contributed by atoms with E-state index in [4.69, 9.17) is 0 Å². The Bertz CT molecular complexity index is 844. The van der Waals surface area contributed by atoms with Gasteiger partial charge in [0.25, 0.3) is 5.56 Å². The molecule has 5 nitrogen and oxygen atoms in total. The van der Waals surface area contributed by atoms with Gasteiger partial charge in [-0.25, -0.2) is 4.98 Å². The molecule has 0 aliphatic carbocycles. The summed E-state index contributed by atoms with van der Waals surface area (Å²) in [7, 11) is 1.97. The number of aromatic nitrogens is 4. The van der Waals surface area contributed by atoms with E-state index >= 15 is 0 Å². The van der Waals surface area contributed by atoms with E-state index in [1.165, 1.54) is 33.7 Å². The molecule has 0 aliphatic rings. The molecule has 0 spiro atoms. The maximum absolute atomic E-state index is 12.0. The zero-order valence-electron chi connectivity index (χ0n) is 11.0. The molecule has 3 rings (SSSR count). The van der Waals surface area contributed by atoms with Crippen LogP contribution in [0.1, 0.15) is 11.4 Å². The molecule has 0 saturated carbocycles. The van der Waals surface area contributed by atoms with E-state index in [-0.39, 0.29) is 5.56 Å². The zero-order valence-corrected chi connectivity index (χ0v) is 12.6. The molecule has 3 aromatic heterocycles. The van der Waals surface area contributed by atoms with Crippen LogP contribution in [0.3, 0.4) is 0 Å². The Hall–Kier alpha value is -1.86. The highest BCUT2D eigenvalue weighted by Gasteiger charge is 2.07. The number of thioether (sulfide) groups is 1. The summed E-state index contributed by atoms with van der Waals surface area (Å²) in [6, 6.07) is 5.47. The van der Waals surface area contributed by atoms with Crippen LogP contribution in [0.25, 0.3) is 17.1 Å². The topological polar surface area (TPSA) is 52.2 Å². The summed E-state index contributed by atoms with van der Waals surface area (Å²) in [6.45, 7) is 0. The van der Waals surface area contributed by atoms with E-state index in [1.807, 2.05) is 48.4 Å². The predicted octanol–water partition coefficient (Wildman–Crippen LogP) is 2.38. The molecule has 3 aromatic rings. The molecule has 0 unspecified atom stereocenters. The standard InChI is InChI=1S/C13H12N4OS2/c1-16-7-3-4-10(16)6-5-9-8-11(18)17-12(14-9)20-13(15-17)19-2/h3-8H,1-2H3. The number of aryl methyl sites for hydroxylation is 1. The minimum absolute atomic E-state index is 0.155. The lowest BCUT2D eigenvalue weighted by atomic mass is 10.3. The second kappa shape index (κ2) is 5.26. The van der Waals surface area contributed by atoms with Crippen LogP contribution >= 0.6 is 23.1 Å². The molecule has 0 saturated heterocycles. The molecule has 3 heterocycles. The van der Waals surface area contributed by atoms with Crippen LogP contribution in [-0.2, 0) is 7.05 Å². The van der Waals surface area contributed by atoms with Crippen LogP contribution in [0.5, 0.6) is 0 Å². The second-order valence-electron chi connectivity index (χ2n) is 4.16. The van der Waals surface area contributed by atoms with Crippen molar-refractivity contribution in [1.82, 2.24) is 19.2 Å². The maximum atomic E-state index is 12.0. The van der Waals surface area contributed by atoms with Gasteiger partial charge in [-0.15, -0.1) is 5.10 Å². The predicted molar refractivity (Wildman–Crippen MR) is 83.3 cm³/mol. The Kier molecular flexibility index (Phi) is 3.45. The number of fused-ring (bicyclic) bond motifs is 1. The summed E-state index contributed by atoms with van der Waals surface area (Å²) in [4.78, 5) is 17.0.